The van der Waals surface area contributed by atoms with Gasteiger partial charge in [0.25, 0.3) is 5.56 Å². The highest BCUT2D eigenvalue weighted by Gasteiger charge is 2.18. The third-order valence-electron chi connectivity index (χ3n) is 3.84. The minimum atomic E-state index is -0.888. The zero-order valence-electron chi connectivity index (χ0n) is 14.3. The molecule has 0 bridgehead atoms. The summed E-state index contributed by atoms with van der Waals surface area (Å²) in [7, 11) is 0. The van der Waals surface area contributed by atoms with E-state index in [9.17, 15) is 13.6 Å². The third kappa shape index (κ3) is 3.50. The molecule has 4 aromatic rings. The van der Waals surface area contributed by atoms with Gasteiger partial charge >= 0.3 is 0 Å². The molecule has 2 aromatic carbocycles. The molecule has 0 aliphatic rings. The molecule has 2 aromatic heterocycles. The lowest BCUT2D eigenvalue weighted by molar-refractivity contribution is 0.485. The first-order valence-electron chi connectivity index (χ1n) is 8.02. The summed E-state index contributed by atoms with van der Waals surface area (Å²) in [6, 6.07) is 7.63. The highest BCUT2D eigenvalue weighted by Crippen LogP contribution is 2.26. The van der Waals surface area contributed by atoms with E-state index in [1.165, 1.54) is 12.1 Å². The maximum Gasteiger partial charge on any atom is 0.266 e. The van der Waals surface area contributed by atoms with Crippen LogP contribution in [-0.2, 0) is 5.75 Å². The molecule has 0 N–H and O–H groups in total. The summed E-state index contributed by atoms with van der Waals surface area (Å²) >= 11 is 7.11. The first kappa shape index (κ1) is 18.6. The van der Waals surface area contributed by atoms with Crippen molar-refractivity contribution >= 4 is 34.3 Å². The van der Waals surface area contributed by atoms with Crippen molar-refractivity contribution in [2.75, 3.05) is 0 Å². The SMILES string of the molecule is Cc1nnc(CSc2nc3ccc(Cl)cc3c(=O)n2-c2ccc(F)cc2F)o1. The first-order chi connectivity index (χ1) is 13.4. The molecule has 0 fully saturated rings. The fourth-order valence-corrected chi connectivity index (χ4v) is 3.65. The molecule has 0 radical (unpaired) electrons. The monoisotopic (exact) mass is 420 g/mol. The summed E-state index contributed by atoms with van der Waals surface area (Å²) in [4.78, 5) is 17.5. The summed E-state index contributed by atoms with van der Waals surface area (Å²) in [5.74, 6) is -0.685. The topological polar surface area (TPSA) is 73.8 Å². The Balaban J connectivity index is 1.90. The first-order valence-corrected chi connectivity index (χ1v) is 9.38. The van der Waals surface area contributed by atoms with Crippen molar-refractivity contribution in [3.8, 4) is 5.69 Å². The fraction of sp³-hybridized carbons (Fsp3) is 0.111. The van der Waals surface area contributed by atoms with Gasteiger partial charge in [-0.1, -0.05) is 23.4 Å². The Morgan fingerprint density at radius 3 is 2.71 bits per heavy atom. The van der Waals surface area contributed by atoms with Crippen LogP contribution in [0.15, 0.2) is 50.8 Å². The van der Waals surface area contributed by atoms with E-state index in [1.807, 2.05) is 0 Å². The second kappa shape index (κ2) is 7.33. The minimum absolute atomic E-state index is 0.120. The van der Waals surface area contributed by atoms with E-state index in [0.717, 1.165) is 22.4 Å². The molecule has 28 heavy (non-hydrogen) atoms. The van der Waals surface area contributed by atoms with Gasteiger partial charge in [0.1, 0.15) is 11.6 Å². The molecular weight excluding hydrogens is 410 g/mol. The Morgan fingerprint density at radius 1 is 1.18 bits per heavy atom. The molecule has 6 nitrogen and oxygen atoms in total. The Bertz CT molecular complexity index is 1260. The van der Waals surface area contributed by atoms with Crippen molar-refractivity contribution in [2.45, 2.75) is 17.8 Å². The number of halogens is 3. The average Bonchev–Trinajstić information content (AvgIpc) is 3.07. The molecule has 10 heteroatoms. The summed E-state index contributed by atoms with van der Waals surface area (Å²) in [5, 5.41) is 8.40. The molecule has 0 amide bonds. The van der Waals surface area contributed by atoms with E-state index in [1.54, 1.807) is 19.1 Å². The quantitative estimate of drug-likeness (QED) is 0.362. The molecule has 4 rings (SSSR count). The van der Waals surface area contributed by atoms with E-state index >= 15 is 0 Å². The van der Waals surface area contributed by atoms with E-state index in [2.05, 4.69) is 15.2 Å². The number of benzene rings is 2. The number of hydrogen-bond donors (Lipinski definition) is 0. The largest absolute Gasteiger partial charge is 0.425 e. The van der Waals surface area contributed by atoms with Gasteiger partial charge in [-0.05, 0) is 30.3 Å². The molecular formula is C18H11ClF2N4O2S. The molecule has 0 spiro atoms. The number of nitrogens with zero attached hydrogens (tertiary/aromatic N) is 4. The van der Waals surface area contributed by atoms with Crippen molar-refractivity contribution in [1.29, 1.82) is 0 Å². The Kier molecular flexibility index (Phi) is 4.86. The molecule has 0 saturated carbocycles. The van der Waals surface area contributed by atoms with Crippen LogP contribution in [0.2, 0.25) is 5.02 Å². The van der Waals surface area contributed by atoms with Crippen LogP contribution < -0.4 is 5.56 Å². The number of rotatable bonds is 4. The molecule has 0 saturated heterocycles. The highest BCUT2D eigenvalue weighted by atomic mass is 35.5. The van der Waals surface area contributed by atoms with Crippen molar-refractivity contribution in [2.24, 2.45) is 0 Å². The van der Waals surface area contributed by atoms with Crippen LogP contribution >= 0.6 is 23.4 Å². The van der Waals surface area contributed by atoms with Crippen LogP contribution in [0, 0.1) is 18.6 Å². The Morgan fingerprint density at radius 2 is 2.00 bits per heavy atom. The number of aromatic nitrogens is 4. The number of thioether (sulfide) groups is 1. The number of hydrogen-bond acceptors (Lipinski definition) is 6. The summed E-state index contributed by atoms with van der Waals surface area (Å²) < 4.78 is 34.2. The van der Waals surface area contributed by atoms with Gasteiger partial charge in [0.2, 0.25) is 11.8 Å². The van der Waals surface area contributed by atoms with Crippen molar-refractivity contribution < 1.29 is 13.2 Å². The van der Waals surface area contributed by atoms with Crippen LogP contribution in [0.3, 0.4) is 0 Å². The predicted molar refractivity (Wildman–Crippen MR) is 101 cm³/mol. The van der Waals surface area contributed by atoms with Crippen molar-refractivity contribution in [3.05, 3.63) is 75.2 Å². The van der Waals surface area contributed by atoms with Crippen LogP contribution in [0.25, 0.3) is 16.6 Å². The molecule has 0 aliphatic carbocycles. The molecule has 0 atom stereocenters. The lowest BCUT2D eigenvalue weighted by Gasteiger charge is -2.13. The molecule has 2 heterocycles. The van der Waals surface area contributed by atoms with E-state index in [0.29, 0.717) is 28.4 Å². The van der Waals surface area contributed by atoms with Crippen LogP contribution in [-0.4, -0.2) is 19.7 Å². The van der Waals surface area contributed by atoms with Crippen molar-refractivity contribution in [3.63, 3.8) is 0 Å². The summed E-state index contributed by atoms with van der Waals surface area (Å²) in [6.45, 7) is 1.66. The maximum atomic E-state index is 14.4. The van der Waals surface area contributed by atoms with E-state index in [4.69, 9.17) is 16.0 Å². The summed E-state index contributed by atoms with van der Waals surface area (Å²) in [6.07, 6.45) is 0. The smallest absolute Gasteiger partial charge is 0.266 e. The van der Waals surface area contributed by atoms with Crippen molar-refractivity contribution in [1.82, 2.24) is 19.7 Å². The van der Waals surface area contributed by atoms with Gasteiger partial charge < -0.3 is 4.42 Å². The van der Waals surface area contributed by atoms with E-state index in [-0.39, 0.29) is 22.0 Å². The standard InChI is InChI=1S/C18H11ClF2N4O2S/c1-9-23-24-16(27-9)8-28-18-22-14-4-2-10(19)6-12(14)17(26)25(18)15-5-3-11(20)7-13(15)21/h2-7H,8H2,1H3. The molecule has 0 aliphatic heterocycles. The predicted octanol–water partition coefficient (Wildman–Crippen LogP) is 4.30. The Labute approximate surface area is 166 Å². The van der Waals surface area contributed by atoms with Gasteiger partial charge in [-0.3, -0.25) is 9.36 Å². The number of aryl methyl sites for hydroxylation is 1. The zero-order chi connectivity index (χ0) is 19.8. The van der Waals surface area contributed by atoms with E-state index < -0.39 is 17.2 Å². The van der Waals surface area contributed by atoms with Gasteiger partial charge in [-0.25, -0.2) is 13.8 Å². The van der Waals surface area contributed by atoms with Gasteiger partial charge in [-0.15, -0.1) is 10.2 Å². The normalized spacial score (nSPS) is 11.3. The minimum Gasteiger partial charge on any atom is -0.425 e. The lowest BCUT2D eigenvalue weighted by atomic mass is 10.2. The third-order valence-corrected chi connectivity index (χ3v) is 5.00. The maximum absolute atomic E-state index is 14.4. The van der Waals surface area contributed by atoms with Crippen LogP contribution in [0.4, 0.5) is 8.78 Å². The second-order valence-electron chi connectivity index (χ2n) is 5.80. The van der Waals surface area contributed by atoms with Gasteiger partial charge in [0.05, 0.1) is 22.3 Å². The Hall–Kier alpha value is -2.78. The summed E-state index contributed by atoms with van der Waals surface area (Å²) in [5.41, 5.74) is -0.246. The van der Waals surface area contributed by atoms with Crippen LogP contribution in [0.5, 0.6) is 0 Å². The molecule has 142 valence electrons. The lowest BCUT2D eigenvalue weighted by Crippen LogP contribution is -2.22. The average molecular weight is 421 g/mol. The molecule has 0 unspecified atom stereocenters. The highest BCUT2D eigenvalue weighted by molar-refractivity contribution is 7.98. The zero-order valence-corrected chi connectivity index (χ0v) is 15.9. The van der Waals surface area contributed by atoms with Crippen LogP contribution in [0.1, 0.15) is 11.8 Å². The number of fused-ring (bicyclic) bond motifs is 1. The van der Waals surface area contributed by atoms with Gasteiger partial charge in [0.15, 0.2) is 5.16 Å². The fourth-order valence-electron chi connectivity index (χ4n) is 2.63. The van der Waals surface area contributed by atoms with Gasteiger partial charge in [-0.2, -0.15) is 0 Å². The second-order valence-corrected chi connectivity index (χ2v) is 7.17. The van der Waals surface area contributed by atoms with Gasteiger partial charge in [0, 0.05) is 18.0 Å².